The molecule has 1 aliphatic rings. The standard InChI is InChI=1S/C4H6N2O2.2Ac/c7-3-1-5-4(8)2-6-3;;/h1-2H2,(H2,5,6,7,8);;/p-2. The maximum atomic E-state index is 10.2. The molecule has 2 amide bonds. The second-order valence-electron chi connectivity index (χ2n) is 1.42. The van der Waals surface area contributed by atoms with Crippen LogP contribution in [0.4, 0.5) is 0 Å². The van der Waals surface area contributed by atoms with Gasteiger partial charge < -0.3 is 20.2 Å². The Morgan fingerprint density at radius 1 is 0.900 bits per heavy atom. The number of hydrogen-bond donors (Lipinski definition) is 0. The van der Waals surface area contributed by atoms with Gasteiger partial charge in [-0.15, -0.1) is 0 Å². The van der Waals surface area contributed by atoms with Crippen LogP contribution < -0.4 is 0 Å². The molecule has 50 valence electrons. The van der Waals surface area contributed by atoms with Gasteiger partial charge >= 0.3 is 0 Å². The molecule has 0 atom stereocenters. The summed E-state index contributed by atoms with van der Waals surface area (Å²) in [7, 11) is 0. The molecule has 0 aromatic heterocycles. The van der Waals surface area contributed by atoms with Crippen LogP contribution in [-0.4, -0.2) is 24.9 Å². The predicted molar refractivity (Wildman–Crippen MR) is 26.5 cm³/mol. The maximum absolute atomic E-state index is 10.2. The van der Waals surface area contributed by atoms with Crippen LogP contribution in [0.2, 0.25) is 0 Å². The van der Waals surface area contributed by atoms with Crippen molar-refractivity contribution in [3.63, 3.8) is 0 Å². The minimum Gasteiger partial charge on any atom is -0.650 e. The van der Waals surface area contributed by atoms with E-state index in [1.165, 1.54) is 0 Å². The zero-order valence-electron chi connectivity index (χ0n) is 5.28. The molecule has 1 fully saturated rings. The first-order valence-electron chi connectivity index (χ1n) is 2.20. The first-order valence-corrected chi connectivity index (χ1v) is 2.20. The van der Waals surface area contributed by atoms with Gasteiger partial charge in [0.05, 0.1) is 0 Å². The maximum Gasteiger partial charge on any atom is 0.0336 e. The van der Waals surface area contributed by atoms with E-state index in [4.69, 9.17) is 0 Å². The van der Waals surface area contributed by atoms with Crippen molar-refractivity contribution in [2.45, 2.75) is 0 Å². The van der Waals surface area contributed by atoms with E-state index in [0.717, 1.165) is 0 Å². The Labute approximate surface area is 130 Å². The summed E-state index contributed by atoms with van der Waals surface area (Å²) in [6.07, 6.45) is 0. The third-order valence-corrected chi connectivity index (χ3v) is 0.781. The molecule has 1 rings (SSSR count). The molecule has 4 nitrogen and oxygen atoms in total. The average molecular weight is 566 g/mol. The van der Waals surface area contributed by atoms with Crippen molar-refractivity contribution in [1.29, 1.82) is 0 Å². The number of rotatable bonds is 0. The fourth-order valence-corrected chi connectivity index (χ4v) is 0.412. The number of nitrogens with zero attached hydrogens (tertiary/aromatic N) is 2. The molecule has 0 spiro atoms. The van der Waals surface area contributed by atoms with Crippen molar-refractivity contribution >= 4 is 11.8 Å². The van der Waals surface area contributed by atoms with Gasteiger partial charge in [-0.3, -0.25) is 0 Å². The van der Waals surface area contributed by atoms with Gasteiger partial charge in [0.1, 0.15) is 0 Å². The molecule has 1 saturated heterocycles. The summed E-state index contributed by atoms with van der Waals surface area (Å²) >= 11 is 0. The van der Waals surface area contributed by atoms with Crippen LogP contribution in [0.1, 0.15) is 0 Å². The average Bonchev–Trinajstić information content (AvgIpc) is 1.77. The van der Waals surface area contributed by atoms with Crippen molar-refractivity contribution in [3.05, 3.63) is 10.6 Å². The van der Waals surface area contributed by atoms with Crippen LogP contribution in [0.5, 0.6) is 0 Å². The van der Waals surface area contributed by atoms with Crippen LogP contribution in [0.15, 0.2) is 0 Å². The predicted octanol–water partition coefficient (Wildman–Crippen LogP) is -0.199. The molecule has 0 N–H and O–H groups in total. The van der Waals surface area contributed by atoms with E-state index in [9.17, 15) is 9.59 Å². The van der Waals surface area contributed by atoms with E-state index >= 15 is 0 Å². The topological polar surface area (TPSA) is 62.3 Å². The van der Waals surface area contributed by atoms with Crippen molar-refractivity contribution in [1.82, 2.24) is 0 Å². The first kappa shape index (κ1) is 14.4. The van der Waals surface area contributed by atoms with E-state index in [2.05, 4.69) is 10.6 Å². The van der Waals surface area contributed by atoms with E-state index < -0.39 is 0 Å². The number of hydrogen-bond acceptors (Lipinski definition) is 2. The van der Waals surface area contributed by atoms with Gasteiger partial charge in [0, 0.05) is 99.9 Å². The Bertz CT molecular complexity index is 111. The smallest absolute Gasteiger partial charge is 0.0336 e. The van der Waals surface area contributed by atoms with Gasteiger partial charge in [-0.1, -0.05) is 13.1 Å². The Morgan fingerprint density at radius 2 is 1.20 bits per heavy atom. The van der Waals surface area contributed by atoms with E-state index in [1.807, 2.05) is 0 Å². The van der Waals surface area contributed by atoms with Gasteiger partial charge in [0.2, 0.25) is 0 Å². The largest absolute Gasteiger partial charge is 0.650 e. The van der Waals surface area contributed by atoms with Crippen LogP contribution in [0, 0.1) is 88.1 Å². The summed E-state index contributed by atoms with van der Waals surface area (Å²) < 4.78 is 0. The van der Waals surface area contributed by atoms with Gasteiger partial charge in [-0.2, -0.15) is 0 Å². The summed E-state index contributed by atoms with van der Waals surface area (Å²) in [5, 5.41) is 6.66. The van der Waals surface area contributed by atoms with Crippen LogP contribution >= 0.6 is 0 Å². The number of carbonyl (C=O) groups excluding carboxylic acids is 2. The summed E-state index contributed by atoms with van der Waals surface area (Å²) in [4.78, 5) is 20.4. The summed E-state index contributed by atoms with van der Waals surface area (Å²) in [5.74, 6) is -0.603. The molecule has 0 unspecified atom stereocenters. The van der Waals surface area contributed by atoms with Crippen molar-refractivity contribution < 1.29 is 97.7 Å². The summed E-state index contributed by atoms with van der Waals surface area (Å²) in [6.45, 7) is -0.113. The van der Waals surface area contributed by atoms with Gasteiger partial charge in [-0.25, -0.2) is 0 Å². The SMILES string of the molecule is O=C1C[N-]C(=O)C[N-]1.[Ac].[Ac]. The van der Waals surface area contributed by atoms with Crippen LogP contribution in [-0.2, 0) is 9.59 Å². The van der Waals surface area contributed by atoms with Gasteiger partial charge in [0.15, 0.2) is 0 Å². The Kier molecular flexibility index (Phi) is 10.7. The summed E-state index contributed by atoms with van der Waals surface area (Å²) in [5.41, 5.74) is 0. The Hall–Kier alpha value is 1.82. The molecule has 2 radical (unpaired) electrons. The molecule has 0 aliphatic carbocycles. The molecular weight excluding hydrogens is 562 g/mol. The third kappa shape index (κ3) is 5.47. The van der Waals surface area contributed by atoms with Gasteiger partial charge in [0.25, 0.3) is 0 Å². The van der Waals surface area contributed by atoms with Crippen molar-refractivity contribution in [3.8, 4) is 0 Å². The Morgan fingerprint density at radius 3 is 1.40 bits per heavy atom. The van der Waals surface area contributed by atoms with Gasteiger partial charge in [-0.05, 0) is 0 Å². The fraction of sp³-hybridized carbons (Fsp3) is 0.500. The molecule has 10 heavy (non-hydrogen) atoms. The Balaban J connectivity index is 0. The number of piperazine rings is 1. The minimum absolute atomic E-state index is 0. The summed E-state index contributed by atoms with van der Waals surface area (Å²) in [6, 6.07) is 0. The molecule has 1 aliphatic heterocycles. The second kappa shape index (κ2) is 7.47. The first-order chi connectivity index (χ1) is 3.79. The molecule has 0 aromatic carbocycles. The van der Waals surface area contributed by atoms with Crippen molar-refractivity contribution in [2.24, 2.45) is 0 Å². The van der Waals surface area contributed by atoms with E-state index in [1.54, 1.807) is 0 Å². The number of carbonyl (C=O) groups is 2. The number of amides is 2. The molecule has 0 aromatic rings. The fourth-order valence-electron chi connectivity index (χ4n) is 0.412. The molecule has 0 saturated carbocycles. The molecule has 6 heteroatoms. The monoisotopic (exact) mass is 566 g/mol. The molecule has 1 heterocycles. The van der Waals surface area contributed by atoms with E-state index in [-0.39, 0.29) is 113 Å². The van der Waals surface area contributed by atoms with Crippen LogP contribution in [0.3, 0.4) is 0 Å². The second-order valence-corrected chi connectivity index (χ2v) is 1.42. The zero-order chi connectivity index (χ0) is 5.98. The molecule has 0 bridgehead atoms. The zero-order valence-corrected chi connectivity index (χ0v) is 14.8. The third-order valence-electron chi connectivity index (χ3n) is 0.781. The van der Waals surface area contributed by atoms with Crippen molar-refractivity contribution in [2.75, 3.05) is 13.1 Å². The molecular formula is C4H4Ac2N2O2-2. The van der Waals surface area contributed by atoms with E-state index in [0.29, 0.717) is 0 Å². The minimum atomic E-state index is -0.301. The quantitative estimate of drug-likeness (QED) is 0.409. The van der Waals surface area contributed by atoms with Crippen LogP contribution in [0.25, 0.3) is 10.6 Å². The normalized spacial score (nSPS) is 15.6.